The summed E-state index contributed by atoms with van der Waals surface area (Å²) in [6.07, 6.45) is 3.35. The van der Waals surface area contributed by atoms with Crippen LogP contribution in [0.2, 0.25) is 5.02 Å². The third-order valence-corrected chi connectivity index (χ3v) is 6.92. The second-order valence-electron chi connectivity index (χ2n) is 7.69. The fourth-order valence-electron chi connectivity index (χ4n) is 3.65. The van der Waals surface area contributed by atoms with Gasteiger partial charge < -0.3 is 9.47 Å². The zero-order valence-electron chi connectivity index (χ0n) is 19.0. The third kappa shape index (κ3) is 4.91. The molecule has 5 rings (SSSR count). The Balaban J connectivity index is 1.50. The standard InChI is InChI=1S/C25H17ClF2N4O4S/c1-35-25-7-3-5-23(30-25)31-37(33,34)22-14-17(27)21(13-18(22)28)36-20-9-8-15(26)12-16(20)19-4-2-6-24-29-10-11-32(19)24/h2-14H,1H3,(H,30,31). The van der Waals surface area contributed by atoms with E-state index >= 15 is 4.39 Å². The number of imidazole rings is 1. The first-order valence-corrected chi connectivity index (χ1v) is 12.5. The van der Waals surface area contributed by atoms with Crippen LogP contribution in [0.5, 0.6) is 17.4 Å². The average Bonchev–Trinajstić information content (AvgIpc) is 3.36. The number of fused-ring (bicyclic) bond motifs is 1. The van der Waals surface area contributed by atoms with Crippen molar-refractivity contribution in [2.24, 2.45) is 0 Å². The summed E-state index contributed by atoms with van der Waals surface area (Å²) in [5.74, 6) is -2.66. The van der Waals surface area contributed by atoms with Crippen molar-refractivity contribution in [3.05, 3.63) is 95.8 Å². The molecule has 0 radical (unpaired) electrons. The van der Waals surface area contributed by atoms with Crippen molar-refractivity contribution >= 4 is 33.1 Å². The lowest BCUT2D eigenvalue weighted by Gasteiger charge is -2.15. The highest BCUT2D eigenvalue weighted by molar-refractivity contribution is 7.92. The number of ether oxygens (including phenoxy) is 2. The number of nitrogens with zero attached hydrogens (tertiary/aromatic N) is 3. The minimum absolute atomic E-state index is 0.126. The predicted molar refractivity (Wildman–Crippen MR) is 134 cm³/mol. The van der Waals surface area contributed by atoms with E-state index in [1.54, 1.807) is 41.1 Å². The van der Waals surface area contributed by atoms with Crippen molar-refractivity contribution in [1.82, 2.24) is 14.4 Å². The minimum atomic E-state index is -4.52. The highest BCUT2D eigenvalue weighted by Crippen LogP contribution is 2.37. The van der Waals surface area contributed by atoms with E-state index in [0.717, 1.165) is 0 Å². The summed E-state index contributed by atoms with van der Waals surface area (Å²) in [5.41, 5.74) is 1.79. The molecule has 0 fully saturated rings. The van der Waals surface area contributed by atoms with E-state index in [9.17, 15) is 12.8 Å². The van der Waals surface area contributed by atoms with Crippen molar-refractivity contribution in [2.45, 2.75) is 4.90 Å². The van der Waals surface area contributed by atoms with Gasteiger partial charge in [0.2, 0.25) is 5.88 Å². The Morgan fingerprint density at radius 2 is 1.78 bits per heavy atom. The molecule has 0 saturated heterocycles. The van der Waals surface area contributed by atoms with Gasteiger partial charge in [0, 0.05) is 41.2 Å². The molecule has 3 heterocycles. The lowest BCUT2D eigenvalue weighted by molar-refractivity contribution is 0.398. The Morgan fingerprint density at radius 3 is 2.59 bits per heavy atom. The Hall–Kier alpha value is -4.22. The van der Waals surface area contributed by atoms with E-state index in [-0.39, 0.29) is 17.4 Å². The average molecular weight is 543 g/mol. The van der Waals surface area contributed by atoms with Crippen molar-refractivity contribution in [2.75, 3.05) is 11.8 Å². The summed E-state index contributed by atoms with van der Waals surface area (Å²) in [7, 11) is -3.16. The molecule has 0 aliphatic carbocycles. The second-order valence-corrected chi connectivity index (χ2v) is 9.78. The molecule has 0 saturated carbocycles. The molecular weight excluding hydrogens is 526 g/mol. The second kappa shape index (κ2) is 9.68. The molecule has 1 N–H and O–H groups in total. The number of hydrogen-bond acceptors (Lipinski definition) is 6. The summed E-state index contributed by atoms with van der Waals surface area (Å²) in [5, 5.41) is 0.393. The smallest absolute Gasteiger partial charge is 0.266 e. The molecule has 0 amide bonds. The first-order chi connectivity index (χ1) is 17.7. The quantitative estimate of drug-likeness (QED) is 0.274. The van der Waals surface area contributed by atoms with Gasteiger partial charge in [0.15, 0.2) is 11.6 Å². The van der Waals surface area contributed by atoms with Gasteiger partial charge in [-0.3, -0.25) is 9.12 Å². The highest BCUT2D eigenvalue weighted by atomic mass is 35.5. The first kappa shape index (κ1) is 24.5. The van der Waals surface area contributed by atoms with Crippen molar-refractivity contribution in [3.8, 4) is 28.6 Å². The number of sulfonamides is 1. The van der Waals surface area contributed by atoms with Crippen molar-refractivity contribution < 1.29 is 26.7 Å². The molecule has 0 aliphatic heterocycles. The zero-order valence-corrected chi connectivity index (χ0v) is 20.6. The molecule has 188 valence electrons. The Labute approximate surface area is 215 Å². The number of anilines is 1. The molecule has 0 unspecified atom stereocenters. The molecule has 0 bridgehead atoms. The number of benzene rings is 2. The maximum absolute atomic E-state index is 15.1. The fourth-order valence-corrected chi connectivity index (χ4v) is 4.89. The Morgan fingerprint density at radius 1 is 0.973 bits per heavy atom. The van der Waals surface area contributed by atoms with Gasteiger partial charge >= 0.3 is 0 Å². The summed E-state index contributed by atoms with van der Waals surface area (Å²) < 4.78 is 70.1. The number of pyridine rings is 2. The SMILES string of the molecule is COc1cccc(NS(=O)(=O)c2cc(F)c(Oc3ccc(Cl)cc3-c3cccc4nccn34)cc2F)n1. The van der Waals surface area contributed by atoms with Crippen LogP contribution in [0.1, 0.15) is 0 Å². The molecule has 2 aromatic carbocycles. The first-order valence-electron chi connectivity index (χ1n) is 10.7. The lowest BCUT2D eigenvalue weighted by atomic mass is 10.1. The van der Waals surface area contributed by atoms with Crippen LogP contribution in [0.3, 0.4) is 0 Å². The molecule has 8 nitrogen and oxygen atoms in total. The van der Waals surface area contributed by atoms with E-state index in [2.05, 4.69) is 14.7 Å². The topological polar surface area (TPSA) is 94.8 Å². The number of rotatable bonds is 7. The number of aromatic nitrogens is 3. The van der Waals surface area contributed by atoms with Gasteiger partial charge in [-0.1, -0.05) is 23.7 Å². The van der Waals surface area contributed by atoms with E-state index in [1.807, 2.05) is 0 Å². The predicted octanol–water partition coefficient (Wildman–Crippen LogP) is 5.93. The summed E-state index contributed by atoms with van der Waals surface area (Å²) in [6, 6.07) is 15.6. The molecule has 12 heteroatoms. The van der Waals surface area contributed by atoms with E-state index in [1.165, 1.54) is 37.4 Å². The molecular formula is C25H17ClF2N4O4S. The highest BCUT2D eigenvalue weighted by Gasteiger charge is 2.24. The van der Waals surface area contributed by atoms with Crippen LogP contribution in [-0.2, 0) is 10.0 Å². The summed E-state index contributed by atoms with van der Waals surface area (Å²) >= 11 is 6.21. The van der Waals surface area contributed by atoms with Gasteiger partial charge in [-0.25, -0.2) is 22.2 Å². The summed E-state index contributed by atoms with van der Waals surface area (Å²) in [6.45, 7) is 0. The molecule has 37 heavy (non-hydrogen) atoms. The van der Waals surface area contributed by atoms with Crippen LogP contribution in [0.15, 0.2) is 84.0 Å². The normalized spacial score (nSPS) is 11.5. The molecule has 0 aliphatic rings. The van der Waals surface area contributed by atoms with Crippen LogP contribution in [0.4, 0.5) is 14.6 Å². The minimum Gasteiger partial charge on any atom is -0.481 e. The molecule has 3 aromatic heterocycles. The van der Waals surface area contributed by atoms with Gasteiger partial charge in [0.05, 0.1) is 12.8 Å². The summed E-state index contributed by atoms with van der Waals surface area (Å²) in [4.78, 5) is 7.25. The monoisotopic (exact) mass is 542 g/mol. The van der Waals surface area contributed by atoms with Gasteiger partial charge in [-0.15, -0.1) is 0 Å². The van der Waals surface area contributed by atoms with Gasteiger partial charge in [-0.05, 0) is 36.4 Å². The fraction of sp³-hybridized carbons (Fsp3) is 0.0400. The zero-order chi connectivity index (χ0) is 26.2. The van der Waals surface area contributed by atoms with Gasteiger partial charge in [-0.2, -0.15) is 4.98 Å². The Bertz CT molecular complexity index is 1740. The Kier molecular flexibility index (Phi) is 6.40. The van der Waals surface area contributed by atoms with Gasteiger partial charge in [0.25, 0.3) is 10.0 Å². The van der Waals surface area contributed by atoms with Crippen molar-refractivity contribution in [3.63, 3.8) is 0 Å². The maximum Gasteiger partial charge on any atom is 0.266 e. The molecule has 0 atom stereocenters. The maximum atomic E-state index is 15.1. The molecule has 5 aromatic rings. The van der Waals surface area contributed by atoms with E-state index in [0.29, 0.717) is 34.1 Å². The van der Waals surface area contributed by atoms with Crippen LogP contribution in [0.25, 0.3) is 16.9 Å². The number of halogens is 3. The van der Waals surface area contributed by atoms with Crippen LogP contribution in [0, 0.1) is 11.6 Å². The van der Waals surface area contributed by atoms with E-state index in [4.69, 9.17) is 21.1 Å². The lowest BCUT2D eigenvalue weighted by Crippen LogP contribution is -2.16. The number of methoxy groups -OCH3 is 1. The number of hydrogen-bond donors (Lipinski definition) is 1. The largest absolute Gasteiger partial charge is 0.481 e. The van der Waals surface area contributed by atoms with Crippen LogP contribution in [-0.4, -0.2) is 29.9 Å². The molecule has 0 spiro atoms. The number of nitrogens with one attached hydrogen (secondary N) is 1. The van der Waals surface area contributed by atoms with E-state index < -0.39 is 32.3 Å². The third-order valence-electron chi connectivity index (χ3n) is 5.31. The van der Waals surface area contributed by atoms with Gasteiger partial charge in [0.1, 0.15) is 27.9 Å². The van der Waals surface area contributed by atoms with Crippen LogP contribution >= 0.6 is 11.6 Å². The van der Waals surface area contributed by atoms with Crippen molar-refractivity contribution in [1.29, 1.82) is 0 Å². The van der Waals surface area contributed by atoms with Crippen LogP contribution < -0.4 is 14.2 Å².